The average Bonchev–Trinajstić information content (AvgIpc) is 3.00. The van der Waals surface area contributed by atoms with Crippen LogP contribution in [-0.2, 0) is 6.42 Å². The smallest absolute Gasteiger partial charge is 0.0954 e. The summed E-state index contributed by atoms with van der Waals surface area (Å²) in [6, 6.07) is 0.777. The predicted octanol–water partition coefficient (Wildman–Crippen LogP) is 1.86. The second-order valence-electron chi connectivity index (χ2n) is 4.86. The molecule has 0 radical (unpaired) electrons. The summed E-state index contributed by atoms with van der Waals surface area (Å²) in [5.41, 5.74) is 2.91. The summed E-state index contributed by atoms with van der Waals surface area (Å²) in [6.07, 6.45) is 8.61. The van der Waals surface area contributed by atoms with Gasteiger partial charge in [0.1, 0.15) is 0 Å². The fraction of sp³-hybridized carbons (Fsp3) is 0.750. The van der Waals surface area contributed by atoms with Crippen LogP contribution in [0.5, 0.6) is 0 Å². The first-order chi connectivity index (χ1) is 7.40. The molecule has 3 rings (SSSR count). The number of aromatic nitrogens is 2. The Labute approximate surface area is 90.9 Å². The Bertz CT molecular complexity index is 352. The van der Waals surface area contributed by atoms with E-state index in [-0.39, 0.29) is 0 Å². The van der Waals surface area contributed by atoms with Crippen molar-refractivity contribution in [2.24, 2.45) is 0 Å². The summed E-state index contributed by atoms with van der Waals surface area (Å²) >= 11 is 0. The molecule has 0 spiro atoms. The summed E-state index contributed by atoms with van der Waals surface area (Å²) in [5.74, 6) is 0.696. The van der Waals surface area contributed by atoms with Crippen molar-refractivity contribution in [3.8, 4) is 0 Å². The number of hydrogen-bond donors (Lipinski definition) is 1. The average molecular weight is 205 g/mol. The molecule has 15 heavy (non-hydrogen) atoms. The molecular formula is C12H19N3. The van der Waals surface area contributed by atoms with Crippen LogP contribution in [0.1, 0.15) is 49.0 Å². The zero-order chi connectivity index (χ0) is 10.3. The molecule has 3 heteroatoms. The van der Waals surface area contributed by atoms with E-state index in [1.54, 1.807) is 0 Å². The summed E-state index contributed by atoms with van der Waals surface area (Å²) in [5, 5.41) is 3.31. The van der Waals surface area contributed by atoms with E-state index in [9.17, 15) is 0 Å². The second kappa shape index (κ2) is 3.63. The van der Waals surface area contributed by atoms with E-state index in [1.165, 1.54) is 43.5 Å². The number of aryl methyl sites for hydroxylation is 1. The molecule has 1 aromatic heterocycles. The third-order valence-electron chi connectivity index (χ3n) is 3.66. The minimum atomic E-state index is 0.696. The maximum absolute atomic E-state index is 4.59. The molecule has 3 nitrogen and oxygen atoms in total. The highest BCUT2D eigenvalue weighted by Crippen LogP contribution is 2.40. The lowest BCUT2D eigenvalue weighted by Gasteiger charge is -2.24. The molecule has 1 unspecified atom stereocenters. The van der Waals surface area contributed by atoms with Crippen LogP contribution in [0.2, 0.25) is 0 Å². The van der Waals surface area contributed by atoms with Crippen LogP contribution in [0.3, 0.4) is 0 Å². The molecule has 1 heterocycles. The Kier molecular flexibility index (Phi) is 2.28. The van der Waals surface area contributed by atoms with E-state index in [0.717, 1.165) is 12.6 Å². The fourth-order valence-corrected chi connectivity index (χ4v) is 2.79. The molecule has 0 amide bonds. The highest BCUT2D eigenvalue weighted by atomic mass is 15.1. The number of likely N-dealkylation sites (N-methyl/N-ethyl adjacent to an activating group) is 1. The van der Waals surface area contributed by atoms with Crippen LogP contribution in [0.4, 0.5) is 0 Å². The van der Waals surface area contributed by atoms with E-state index in [2.05, 4.69) is 21.2 Å². The summed E-state index contributed by atoms with van der Waals surface area (Å²) in [4.78, 5) is 4.59. The molecule has 1 saturated carbocycles. The minimum Gasteiger partial charge on any atom is -0.331 e. The van der Waals surface area contributed by atoms with E-state index < -0.39 is 0 Å². The van der Waals surface area contributed by atoms with Crippen LogP contribution < -0.4 is 5.32 Å². The minimum absolute atomic E-state index is 0.696. The van der Waals surface area contributed by atoms with Gasteiger partial charge in [0.25, 0.3) is 0 Å². The molecule has 2 aliphatic carbocycles. The SMILES string of the molecule is CNCC1CCCc2ncn(C3CC3)c21. The van der Waals surface area contributed by atoms with Crippen molar-refractivity contribution in [2.75, 3.05) is 13.6 Å². The molecular weight excluding hydrogens is 186 g/mol. The van der Waals surface area contributed by atoms with Gasteiger partial charge in [-0.2, -0.15) is 0 Å². The molecule has 2 aliphatic rings. The number of fused-ring (bicyclic) bond motifs is 1. The largest absolute Gasteiger partial charge is 0.331 e. The molecule has 1 fully saturated rings. The second-order valence-corrected chi connectivity index (χ2v) is 4.86. The van der Waals surface area contributed by atoms with Crippen molar-refractivity contribution in [1.29, 1.82) is 0 Å². The normalized spacial score (nSPS) is 25.3. The third-order valence-corrected chi connectivity index (χ3v) is 3.66. The van der Waals surface area contributed by atoms with Gasteiger partial charge >= 0.3 is 0 Å². The molecule has 0 bridgehead atoms. The molecule has 1 N–H and O–H groups in total. The number of imidazole rings is 1. The van der Waals surface area contributed by atoms with Gasteiger partial charge in [0, 0.05) is 24.2 Å². The Morgan fingerprint density at radius 3 is 3.07 bits per heavy atom. The molecule has 82 valence electrons. The van der Waals surface area contributed by atoms with Gasteiger partial charge in [0.15, 0.2) is 0 Å². The van der Waals surface area contributed by atoms with Crippen molar-refractivity contribution in [2.45, 2.75) is 44.1 Å². The topological polar surface area (TPSA) is 29.9 Å². The molecule has 0 aliphatic heterocycles. The Hall–Kier alpha value is -0.830. The summed E-state index contributed by atoms with van der Waals surface area (Å²) < 4.78 is 2.45. The quantitative estimate of drug-likeness (QED) is 0.816. The van der Waals surface area contributed by atoms with Crippen molar-refractivity contribution < 1.29 is 0 Å². The molecule has 1 atom stereocenters. The Morgan fingerprint density at radius 2 is 2.33 bits per heavy atom. The lowest BCUT2D eigenvalue weighted by atomic mass is 9.89. The van der Waals surface area contributed by atoms with Crippen molar-refractivity contribution in [1.82, 2.24) is 14.9 Å². The molecule has 0 saturated heterocycles. The zero-order valence-corrected chi connectivity index (χ0v) is 9.37. The van der Waals surface area contributed by atoms with E-state index in [1.807, 2.05) is 7.05 Å². The van der Waals surface area contributed by atoms with Gasteiger partial charge in [-0.05, 0) is 39.2 Å². The lowest BCUT2D eigenvalue weighted by molar-refractivity contribution is 0.490. The standard InChI is InChI=1S/C12H19N3/c1-13-7-9-3-2-4-11-12(9)15(8-14-11)10-5-6-10/h8-10,13H,2-7H2,1H3. The van der Waals surface area contributed by atoms with Gasteiger partial charge < -0.3 is 9.88 Å². The van der Waals surface area contributed by atoms with Crippen molar-refractivity contribution in [3.63, 3.8) is 0 Å². The van der Waals surface area contributed by atoms with E-state index >= 15 is 0 Å². The third kappa shape index (κ3) is 1.59. The Balaban J connectivity index is 1.95. The Morgan fingerprint density at radius 1 is 1.47 bits per heavy atom. The van der Waals surface area contributed by atoms with Crippen LogP contribution >= 0.6 is 0 Å². The predicted molar refractivity (Wildman–Crippen MR) is 60.1 cm³/mol. The van der Waals surface area contributed by atoms with Crippen molar-refractivity contribution in [3.05, 3.63) is 17.7 Å². The highest BCUT2D eigenvalue weighted by Gasteiger charge is 2.31. The van der Waals surface area contributed by atoms with Crippen molar-refractivity contribution >= 4 is 0 Å². The first-order valence-corrected chi connectivity index (χ1v) is 6.10. The lowest BCUT2D eigenvalue weighted by Crippen LogP contribution is -2.23. The number of rotatable bonds is 3. The fourth-order valence-electron chi connectivity index (χ4n) is 2.79. The van der Waals surface area contributed by atoms with Gasteiger partial charge in [0.2, 0.25) is 0 Å². The van der Waals surface area contributed by atoms with Gasteiger partial charge in [-0.15, -0.1) is 0 Å². The maximum Gasteiger partial charge on any atom is 0.0954 e. The van der Waals surface area contributed by atoms with Crippen LogP contribution in [0.15, 0.2) is 6.33 Å². The number of hydrogen-bond acceptors (Lipinski definition) is 2. The van der Waals surface area contributed by atoms with Gasteiger partial charge in [-0.3, -0.25) is 0 Å². The first kappa shape index (κ1) is 9.40. The van der Waals surface area contributed by atoms with E-state index in [4.69, 9.17) is 0 Å². The van der Waals surface area contributed by atoms with E-state index in [0.29, 0.717) is 5.92 Å². The number of nitrogens with zero attached hydrogens (tertiary/aromatic N) is 2. The van der Waals surface area contributed by atoms with Gasteiger partial charge in [0.05, 0.1) is 12.0 Å². The molecule has 0 aromatic carbocycles. The monoisotopic (exact) mass is 205 g/mol. The maximum atomic E-state index is 4.59. The zero-order valence-electron chi connectivity index (χ0n) is 9.37. The molecule has 1 aromatic rings. The number of nitrogens with one attached hydrogen (secondary N) is 1. The van der Waals surface area contributed by atoms with Crippen LogP contribution in [0.25, 0.3) is 0 Å². The summed E-state index contributed by atoms with van der Waals surface area (Å²) in [7, 11) is 2.05. The summed E-state index contributed by atoms with van der Waals surface area (Å²) in [6.45, 7) is 1.10. The van der Waals surface area contributed by atoms with Gasteiger partial charge in [-0.25, -0.2) is 4.98 Å². The van der Waals surface area contributed by atoms with Crippen LogP contribution in [0, 0.1) is 0 Å². The highest BCUT2D eigenvalue weighted by molar-refractivity contribution is 5.23. The van der Waals surface area contributed by atoms with Crippen LogP contribution in [-0.4, -0.2) is 23.1 Å². The first-order valence-electron chi connectivity index (χ1n) is 6.10. The van der Waals surface area contributed by atoms with Gasteiger partial charge in [-0.1, -0.05) is 0 Å².